The summed E-state index contributed by atoms with van der Waals surface area (Å²) in [6, 6.07) is 15.4. The summed E-state index contributed by atoms with van der Waals surface area (Å²) in [4.78, 5) is 28.8. The zero-order chi connectivity index (χ0) is 31.8. The summed E-state index contributed by atoms with van der Waals surface area (Å²) >= 11 is 0. The first-order chi connectivity index (χ1) is 21.7. The van der Waals surface area contributed by atoms with Crippen LogP contribution in [0.25, 0.3) is 11.1 Å². The number of aromatic nitrogens is 5. The number of nitriles is 1. The molecule has 0 spiro atoms. The number of amides is 2. The van der Waals surface area contributed by atoms with Crippen molar-refractivity contribution in [2.45, 2.75) is 44.3 Å². The summed E-state index contributed by atoms with van der Waals surface area (Å²) in [5.74, 6) is 1.13. The fourth-order valence-electron chi connectivity index (χ4n) is 5.27. The van der Waals surface area contributed by atoms with Crippen LogP contribution in [0.15, 0.2) is 67.3 Å². The normalized spacial score (nSPS) is 16.4. The van der Waals surface area contributed by atoms with Crippen molar-refractivity contribution in [1.29, 1.82) is 5.26 Å². The number of sulfone groups is 1. The number of aryl methyl sites for hydroxylation is 1. The van der Waals surface area contributed by atoms with Crippen molar-refractivity contribution in [3.63, 3.8) is 0 Å². The number of hydrogen-bond donors (Lipinski definition) is 3. The first-order valence-corrected chi connectivity index (χ1v) is 16.8. The van der Waals surface area contributed by atoms with Gasteiger partial charge in [-0.15, -0.1) is 0 Å². The summed E-state index contributed by atoms with van der Waals surface area (Å²) in [6.07, 6.45) is 11.0. The number of pyridine rings is 1. The van der Waals surface area contributed by atoms with Gasteiger partial charge in [-0.05, 0) is 43.4 Å². The van der Waals surface area contributed by atoms with Gasteiger partial charge in [-0.25, -0.2) is 23.2 Å². The molecule has 1 aliphatic rings. The molecule has 45 heavy (non-hydrogen) atoms. The van der Waals surface area contributed by atoms with Crippen molar-refractivity contribution in [2.75, 3.05) is 34.1 Å². The molecule has 3 aromatic heterocycles. The lowest BCUT2D eigenvalue weighted by Gasteiger charge is -2.36. The molecule has 1 aliphatic carbocycles. The summed E-state index contributed by atoms with van der Waals surface area (Å²) in [6.45, 7) is 0.534. The molecule has 5 rings (SSSR count). The van der Waals surface area contributed by atoms with Crippen molar-refractivity contribution in [1.82, 2.24) is 30.0 Å². The Hall–Kier alpha value is -5.03. The first kappa shape index (κ1) is 31.4. The van der Waals surface area contributed by atoms with E-state index in [1.54, 1.807) is 22.0 Å². The molecule has 0 atom stereocenters. The molecule has 0 unspecified atom stereocenters. The molecule has 2 amide bonds. The number of rotatable bonds is 11. The van der Waals surface area contributed by atoms with Crippen LogP contribution in [0, 0.1) is 11.3 Å². The van der Waals surface area contributed by atoms with Crippen LogP contribution in [0.3, 0.4) is 0 Å². The van der Waals surface area contributed by atoms with Gasteiger partial charge in [-0.3, -0.25) is 9.58 Å². The molecule has 1 saturated carbocycles. The highest BCUT2D eigenvalue weighted by Crippen LogP contribution is 2.29. The number of carbonyl (C=O) groups excluding carboxylic acids is 1. The Morgan fingerprint density at radius 1 is 1.04 bits per heavy atom. The molecule has 0 radical (unpaired) electrons. The predicted molar refractivity (Wildman–Crippen MR) is 172 cm³/mol. The summed E-state index contributed by atoms with van der Waals surface area (Å²) < 4.78 is 24.7. The maximum absolute atomic E-state index is 13.6. The molecule has 13 nitrogen and oxygen atoms in total. The molecule has 1 aromatic carbocycles. The molecule has 3 N–H and O–H groups in total. The Morgan fingerprint density at radius 3 is 2.47 bits per heavy atom. The van der Waals surface area contributed by atoms with Gasteiger partial charge in [0, 0.05) is 62.0 Å². The molecule has 1 fully saturated rings. The smallest absolute Gasteiger partial charge is 0.323 e. The van der Waals surface area contributed by atoms with Crippen molar-refractivity contribution in [3.8, 4) is 17.2 Å². The second-order valence-corrected chi connectivity index (χ2v) is 13.4. The van der Waals surface area contributed by atoms with Gasteiger partial charge in [0.15, 0.2) is 0 Å². The van der Waals surface area contributed by atoms with E-state index >= 15 is 0 Å². The van der Waals surface area contributed by atoms with E-state index in [0.717, 1.165) is 48.6 Å². The van der Waals surface area contributed by atoms with Gasteiger partial charge in [-0.2, -0.15) is 15.3 Å². The van der Waals surface area contributed by atoms with Crippen LogP contribution in [-0.4, -0.2) is 69.8 Å². The van der Waals surface area contributed by atoms with E-state index in [1.807, 2.05) is 61.8 Å². The van der Waals surface area contributed by atoms with Crippen molar-refractivity contribution < 1.29 is 13.2 Å². The minimum Gasteiger partial charge on any atom is -0.368 e. The van der Waals surface area contributed by atoms with E-state index in [2.05, 4.69) is 36.0 Å². The van der Waals surface area contributed by atoms with E-state index in [9.17, 15) is 18.5 Å². The topological polar surface area (TPSA) is 171 Å². The third-order valence-corrected chi connectivity index (χ3v) is 8.55. The highest BCUT2D eigenvalue weighted by molar-refractivity contribution is 7.90. The van der Waals surface area contributed by atoms with Crippen LogP contribution in [0.2, 0.25) is 0 Å². The van der Waals surface area contributed by atoms with Crippen LogP contribution in [0.5, 0.6) is 0 Å². The van der Waals surface area contributed by atoms with Gasteiger partial charge >= 0.3 is 6.03 Å². The average Bonchev–Trinajstić information content (AvgIpc) is 3.47. The van der Waals surface area contributed by atoms with Gasteiger partial charge < -0.3 is 16.0 Å². The highest BCUT2D eigenvalue weighted by atomic mass is 32.2. The summed E-state index contributed by atoms with van der Waals surface area (Å²) in [7, 11) is -1.30. The third-order valence-electron chi connectivity index (χ3n) is 7.61. The number of benzene rings is 1. The second-order valence-electron chi connectivity index (χ2n) is 11.1. The van der Waals surface area contributed by atoms with Gasteiger partial charge in [0.2, 0.25) is 5.95 Å². The molecular formula is C31H36N10O3S. The van der Waals surface area contributed by atoms with Crippen LogP contribution < -0.4 is 20.9 Å². The van der Waals surface area contributed by atoms with E-state index in [-0.39, 0.29) is 41.8 Å². The number of carbonyl (C=O) groups is 1. The fourth-order valence-corrected chi connectivity index (χ4v) is 5.74. The SMILES string of the molecule is Cn1cc(-c2ccc(N(C(=O)NCc3ccccc3)[C@H]3CC[C@H](Nc4ncc(C#N)c(NCCS(C)(=O)=O)n4)CC3)nc2)cn1. The molecule has 4 aromatic rings. The fraction of sp³-hybridized carbons (Fsp3) is 0.355. The van der Waals surface area contributed by atoms with E-state index in [0.29, 0.717) is 18.3 Å². The number of nitrogens with one attached hydrogen (secondary N) is 3. The Morgan fingerprint density at radius 2 is 1.82 bits per heavy atom. The predicted octanol–water partition coefficient (Wildman–Crippen LogP) is 3.74. The maximum atomic E-state index is 13.6. The Balaban J connectivity index is 1.27. The molecule has 0 bridgehead atoms. The van der Waals surface area contributed by atoms with E-state index in [4.69, 9.17) is 0 Å². The Kier molecular flexibility index (Phi) is 9.89. The van der Waals surface area contributed by atoms with Gasteiger partial charge in [0.05, 0.1) is 18.1 Å². The van der Waals surface area contributed by atoms with Crippen LogP contribution in [0.1, 0.15) is 36.8 Å². The molecular weight excluding hydrogens is 592 g/mol. The zero-order valence-corrected chi connectivity index (χ0v) is 26.0. The lowest BCUT2D eigenvalue weighted by Crippen LogP contribution is -2.49. The first-order valence-electron chi connectivity index (χ1n) is 14.7. The Labute approximate surface area is 262 Å². The maximum Gasteiger partial charge on any atom is 0.323 e. The minimum atomic E-state index is -3.16. The van der Waals surface area contributed by atoms with Gasteiger partial charge in [0.1, 0.15) is 33.1 Å². The quantitative estimate of drug-likeness (QED) is 0.222. The number of anilines is 3. The number of hydrogen-bond acceptors (Lipinski definition) is 10. The Bertz CT molecular complexity index is 1750. The van der Waals surface area contributed by atoms with Crippen molar-refractivity contribution >= 4 is 33.5 Å². The molecule has 3 heterocycles. The van der Waals surface area contributed by atoms with Gasteiger partial charge in [-0.1, -0.05) is 30.3 Å². The largest absolute Gasteiger partial charge is 0.368 e. The average molecular weight is 629 g/mol. The van der Waals surface area contributed by atoms with E-state index in [1.165, 1.54) is 6.20 Å². The van der Waals surface area contributed by atoms with Crippen LogP contribution in [-0.2, 0) is 23.4 Å². The van der Waals surface area contributed by atoms with Gasteiger partial charge in [0.25, 0.3) is 0 Å². The lowest BCUT2D eigenvalue weighted by atomic mass is 9.90. The summed E-state index contributed by atoms with van der Waals surface area (Å²) in [5, 5.41) is 23.0. The molecule has 0 aliphatic heterocycles. The number of nitrogens with zero attached hydrogens (tertiary/aromatic N) is 7. The molecule has 0 saturated heterocycles. The van der Waals surface area contributed by atoms with E-state index < -0.39 is 9.84 Å². The molecule has 234 valence electrons. The summed E-state index contributed by atoms with van der Waals surface area (Å²) in [5.41, 5.74) is 3.10. The second kappa shape index (κ2) is 14.2. The minimum absolute atomic E-state index is 0.0493. The van der Waals surface area contributed by atoms with Crippen LogP contribution in [0.4, 0.5) is 22.4 Å². The van der Waals surface area contributed by atoms with Crippen molar-refractivity contribution in [2.24, 2.45) is 7.05 Å². The number of urea groups is 1. The third kappa shape index (κ3) is 8.54. The zero-order valence-electron chi connectivity index (χ0n) is 25.2. The highest BCUT2D eigenvalue weighted by Gasteiger charge is 2.31. The molecule has 14 heteroatoms. The lowest BCUT2D eigenvalue weighted by molar-refractivity contribution is 0.240. The monoisotopic (exact) mass is 628 g/mol. The van der Waals surface area contributed by atoms with Crippen LogP contribution >= 0.6 is 0 Å². The standard InChI is InChI=1S/C31H36N10O3S/c1-40-21-25(20-37-40)23-8-13-28(34-18-23)41(31(42)36-17-22-6-4-3-5-7-22)27-11-9-26(10-12-27)38-30-35-19-24(16-32)29(39-30)33-14-15-45(2,43)44/h3-8,13,18-21,26-27H,9-12,14-15,17H2,1-2H3,(H,36,42)(H2,33,35,38,39)/t26-,27-. The van der Waals surface area contributed by atoms with Crippen molar-refractivity contribution in [3.05, 3.63) is 78.4 Å².